The van der Waals surface area contributed by atoms with Gasteiger partial charge in [0.05, 0.1) is 18.1 Å². The van der Waals surface area contributed by atoms with E-state index in [0.717, 1.165) is 6.42 Å². The number of H-pyrrole nitrogens is 2. The van der Waals surface area contributed by atoms with Crippen molar-refractivity contribution < 1.29 is 17.9 Å². The molecule has 4 rings (SSSR count). The standard InChI is InChI=1S/C22H26N4O5S/c1-13-8-14(2)12-26(11-13)32(29,30)20-9-15(4-7-19(20)31-3)21(27)23-16-5-6-17-18(10-16)25-22(28)24-17/h4-7,9-10,13-14H,8,11-12H2,1-3H3,(H,23,27)(H2,24,25,28). The first kappa shape index (κ1) is 22.1. The van der Waals surface area contributed by atoms with Crippen molar-refractivity contribution in [3.8, 4) is 5.75 Å². The van der Waals surface area contributed by atoms with Crippen molar-refractivity contribution in [2.24, 2.45) is 11.8 Å². The fourth-order valence-electron chi connectivity index (χ4n) is 4.27. The minimum Gasteiger partial charge on any atom is -0.495 e. The van der Waals surface area contributed by atoms with E-state index in [-0.39, 0.29) is 33.7 Å². The van der Waals surface area contributed by atoms with Crippen LogP contribution in [0, 0.1) is 11.8 Å². The van der Waals surface area contributed by atoms with Gasteiger partial charge in [-0.1, -0.05) is 13.8 Å². The molecule has 9 nitrogen and oxygen atoms in total. The number of aromatic nitrogens is 2. The molecule has 10 heteroatoms. The highest BCUT2D eigenvalue weighted by molar-refractivity contribution is 7.89. The van der Waals surface area contributed by atoms with E-state index < -0.39 is 15.9 Å². The molecule has 2 heterocycles. The Morgan fingerprint density at radius 3 is 2.44 bits per heavy atom. The molecule has 1 aliphatic heterocycles. The summed E-state index contributed by atoms with van der Waals surface area (Å²) in [6.45, 7) is 4.93. The third-order valence-electron chi connectivity index (χ3n) is 5.65. The summed E-state index contributed by atoms with van der Waals surface area (Å²) in [6, 6.07) is 9.32. The van der Waals surface area contributed by atoms with E-state index in [1.165, 1.54) is 29.6 Å². The molecule has 1 saturated heterocycles. The van der Waals surface area contributed by atoms with Crippen LogP contribution in [0.25, 0.3) is 11.0 Å². The minimum atomic E-state index is -3.84. The quantitative estimate of drug-likeness (QED) is 0.542. The van der Waals surface area contributed by atoms with Crippen LogP contribution in [-0.2, 0) is 10.0 Å². The van der Waals surface area contributed by atoms with Crippen LogP contribution in [0.2, 0.25) is 0 Å². The molecule has 0 aliphatic carbocycles. The minimum absolute atomic E-state index is 0.0284. The van der Waals surface area contributed by atoms with Gasteiger partial charge in [0.15, 0.2) is 0 Å². The lowest BCUT2D eigenvalue weighted by atomic mass is 9.94. The Bertz CT molecular complexity index is 1320. The van der Waals surface area contributed by atoms with Crippen LogP contribution in [0.3, 0.4) is 0 Å². The van der Waals surface area contributed by atoms with Gasteiger partial charge in [0, 0.05) is 24.3 Å². The van der Waals surface area contributed by atoms with Crippen molar-refractivity contribution >= 4 is 32.7 Å². The first-order valence-corrected chi connectivity index (χ1v) is 11.8. The number of nitrogens with zero attached hydrogens (tertiary/aromatic N) is 1. The van der Waals surface area contributed by atoms with Crippen molar-refractivity contribution in [1.82, 2.24) is 14.3 Å². The van der Waals surface area contributed by atoms with E-state index in [9.17, 15) is 18.0 Å². The number of aromatic amines is 2. The predicted molar refractivity (Wildman–Crippen MR) is 122 cm³/mol. The molecule has 170 valence electrons. The summed E-state index contributed by atoms with van der Waals surface area (Å²) >= 11 is 0. The van der Waals surface area contributed by atoms with Gasteiger partial charge in [-0.15, -0.1) is 0 Å². The first-order valence-electron chi connectivity index (χ1n) is 10.4. The van der Waals surface area contributed by atoms with E-state index in [4.69, 9.17) is 4.74 Å². The number of imidazole rings is 1. The average Bonchev–Trinajstić information content (AvgIpc) is 3.11. The van der Waals surface area contributed by atoms with E-state index in [1.807, 2.05) is 13.8 Å². The van der Waals surface area contributed by atoms with Crippen LogP contribution in [0.15, 0.2) is 46.1 Å². The van der Waals surface area contributed by atoms with Gasteiger partial charge in [-0.25, -0.2) is 13.2 Å². The molecule has 2 unspecified atom stereocenters. The van der Waals surface area contributed by atoms with E-state index in [2.05, 4.69) is 15.3 Å². The number of nitrogens with one attached hydrogen (secondary N) is 3. The molecule has 2 atom stereocenters. The molecular formula is C22H26N4O5S. The molecule has 1 fully saturated rings. The monoisotopic (exact) mass is 458 g/mol. The fraction of sp³-hybridized carbons (Fsp3) is 0.364. The first-order chi connectivity index (χ1) is 15.2. The number of hydrogen-bond donors (Lipinski definition) is 3. The molecule has 0 saturated carbocycles. The van der Waals surface area contributed by atoms with Gasteiger partial charge in [-0.05, 0) is 54.7 Å². The van der Waals surface area contributed by atoms with Crippen molar-refractivity contribution in [2.45, 2.75) is 25.2 Å². The SMILES string of the molecule is COc1ccc(C(=O)Nc2ccc3[nH]c(=O)[nH]c3c2)cc1S(=O)(=O)N1CC(C)CC(C)C1. The van der Waals surface area contributed by atoms with Crippen LogP contribution in [-0.4, -0.2) is 48.8 Å². The Morgan fingerprint density at radius 1 is 1.06 bits per heavy atom. The lowest BCUT2D eigenvalue weighted by molar-refractivity contribution is 0.102. The summed E-state index contributed by atoms with van der Waals surface area (Å²) in [5.41, 5.74) is 1.49. The summed E-state index contributed by atoms with van der Waals surface area (Å²) in [7, 11) is -2.44. The second kappa shape index (κ2) is 8.44. The molecule has 0 spiro atoms. The number of sulfonamides is 1. The highest BCUT2D eigenvalue weighted by Gasteiger charge is 2.34. The Morgan fingerprint density at radius 2 is 1.75 bits per heavy atom. The Kier molecular flexibility index (Phi) is 5.83. The van der Waals surface area contributed by atoms with Crippen LogP contribution >= 0.6 is 0 Å². The van der Waals surface area contributed by atoms with Crippen molar-refractivity contribution in [3.63, 3.8) is 0 Å². The normalized spacial score (nSPS) is 19.7. The van der Waals surface area contributed by atoms with Gasteiger partial charge in [-0.3, -0.25) is 4.79 Å². The number of methoxy groups -OCH3 is 1. The second-order valence-electron chi connectivity index (χ2n) is 8.43. The van der Waals surface area contributed by atoms with E-state index >= 15 is 0 Å². The summed E-state index contributed by atoms with van der Waals surface area (Å²) in [5, 5.41) is 2.75. The summed E-state index contributed by atoms with van der Waals surface area (Å²) < 4.78 is 33.6. The van der Waals surface area contributed by atoms with Crippen molar-refractivity contribution in [2.75, 3.05) is 25.5 Å². The number of piperidine rings is 1. The number of carbonyl (C=O) groups excluding carboxylic acids is 1. The third kappa shape index (κ3) is 4.28. The highest BCUT2D eigenvalue weighted by atomic mass is 32.2. The topological polar surface area (TPSA) is 124 Å². The number of hydrogen-bond acceptors (Lipinski definition) is 5. The van der Waals surface area contributed by atoms with Crippen LogP contribution < -0.4 is 15.7 Å². The number of ether oxygens (including phenoxy) is 1. The third-order valence-corrected chi connectivity index (χ3v) is 7.51. The lowest BCUT2D eigenvalue weighted by Gasteiger charge is -2.34. The Hall–Kier alpha value is -3.11. The van der Waals surface area contributed by atoms with Gasteiger partial charge in [0.25, 0.3) is 5.91 Å². The number of rotatable bonds is 5. The largest absolute Gasteiger partial charge is 0.495 e. The van der Waals surface area contributed by atoms with Gasteiger partial charge < -0.3 is 20.0 Å². The van der Waals surface area contributed by atoms with Gasteiger partial charge in [0.2, 0.25) is 10.0 Å². The lowest BCUT2D eigenvalue weighted by Crippen LogP contribution is -2.42. The molecule has 0 radical (unpaired) electrons. The van der Waals surface area contributed by atoms with Crippen LogP contribution in [0.4, 0.5) is 5.69 Å². The Labute approximate surface area is 185 Å². The molecule has 1 aromatic heterocycles. The molecular weight excluding hydrogens is 432 g/mol. The molecule has 0 bridgehead atoms. The number of fused-ring (bicyclic) bond motifs is 1. The molecule has 1 aliphatic rings. The maximum absolute atomic E-state index is 13.4. The van der Waals surface area contributed by atoms with Crippen LogP contribution in [0.5, 0.6) is 5.75 Å². The molecule has 32 heavy (non-hydrogen) atoms. The van der Waals surface area contributed by atoms with E-state index in [1.54, 1.807) is 18.2 Å². The van der Waals surface area contributed by atoms with Gasteiger partial charge >= 0.3 is 5.69 Å². The number of benzene rings is 2. The zero-order valence-corrected chi connectivity index (χ0v) is 19.0. The molecule has 3 aromatic rings. The Balaban J connectivity index is 1.64. The number of anilines is 1. The number of amides is 1. The summed E-state index contributed by atoms with van der Waals surface area (Å²) in [6.07, 6.45) is 0.975. The number of carbonyl (C=O) groups is 1. The summed E-state index contributed by atoms with van der Waals surface area (Å²) in [5.74, 6) is 0.224. The predicted octanol–water partition coefficient (Wildman–Crippen LogP) is 2.78. The smallest absolute Gasteiger partial charge is 0.323 e. The average molecular weight is 459 g/mol. The van der Waals surface area contributed by atoms with Crippen molar-refractivity contribution in [1.29, 1.82) is 0 Å². The molecule has 2 aromatic carbocycles. The highest BCUT2D eigenvalue weighted by Crippen LogP contribution is 2.32. The maximum atomic E-state index is 13.4. The zero-order valence-electron chi connectivity index (χ0n) is 18.1. The van der Waals surface area contributed by atoms with E-state index in [0.29, 0.717) is 29.8 Å². The van der Waals surface area contributed by atoms with Gasteiger partial charge in [-0.2, -0.15) is 4.31 Å². The zero-order chi connectivity index (χ0) is 23.0. The van der Waals surface area contributed by atoms with Crippen molar-refractivity contribution in [3.05, 3.63) is 52.4 Å². The summed E-state index contributed by atoms with van der Waals surface area (Å²) in [4.78, 5) is 29.6. The van der Waals surface area contributed by atoms with Crippen LogP contribution in [0.1, 0.15) is 30.6 Å². The molecule has 1 amide bonds. The fourth-order valence-corrected chi connectivity index (χ4v) is 6.14. The van der Waals surface area contributed by atoms with Gasteiger partial charge in [0.1, 0.15) is 10.6 Å². The maximum Gasteiger partial charge on any atom is 0.323 e. The molecule has 3 N–H and O–H groups in total. The second-order valence-corrected chi connectivity index (χ2v) is 10.3.